The van der Waals surface area contributed by atoms with Crippen molar-refractivity contribution in [3.05, 3.63) is 59.7 Å². The molecule has 12 heteroatoms. The number of halogens is 10. The summed E-state index contributed by atoms with van der Waals surface area (Å²) in [5, 5.41) is -4.16. The number of hydrogen-bond donors (Lipinski definition) is 0. The topological polar surface area (TPSA) is 0 Å². The summed E-state index contributed by atoms with van der Waals surface area (Å²) in [6, 6.07) is 2.16. The van der Waals surface area contributed by atoms with Crippen LogP contribution in [0.5, 0.6) is 0 Å². The SMILES string of the molecule is Fc1cccc(P(F)(F)(F)CCP(F)(F)(F)c2cccc(F)c2F)c1F. The summed E-state index contributed by atoms with van der Waals surface area (Å²) in [6.45, 7) is 0. The predicted molar refractivity (Wildman–Crippen MR) is 82.2 cm³/mol. The summed E-state index contributed by atoms with van der Waals surface area (Å²) in [5.74, 6) is -8.27. The Labute approximate surface area is 141 Å². The van der Waals surface area contributed by atoms with E-state index in [1.165, 1.54) is 0 Å². The summed E-state index contributed by atoms with van der Waals surface area (Å²) < 4.78 is 138. The molecule has 0 spiro atoms. The van der Waals surface area contributed by atoms with Gasteiger partial charge in [-0.3, -0.25) is 0 Å². The van der Waals surface area contributed by atoms with Crippen molar-refractivity contribution in [3.63, 3.8) is 0 Å². The third-order valence-corrected chi connectivity index (χ3v) is 8.31. The molecule has 0 aliphatic heterocycles. The van der Waals surface area contributed by atoms with Crippen molar-refractivity contribution in [3.8, 4) is 0 Å². The van der Waals surface area contributed by atoms with Crippen LogP contribution in [-0.4, -0.2) is 12.3 Å². The monoisotopic (exact) mass is 430 g/mol. The van der Waals surface area contributed by atoms with Crippen molar-refractivity contribution in [1.82, 2.24) is 0 Å². The molecule has 0 amide bonds. The Morgan fingerprint density at radius 3 is 1.15 bits per heavy atom. The van der Waals surface area contributed by atoms with Crippen LogP contribution in [0.4, 0.5) is 42.7 Å². The van der Waals surface area contributed by atoms with E-state index < -0.39 is 61.3 Å². The van der Waals surface area contributed by atoms with Crippen LogP contribution in [0.25, 0.3) is 0 Å². The molecule has 2 aromatic rings. The maximum atomic E-state index is 14.1. The van der Waals surface area contributed by atoms with E-state index >= 15 is 0 Å². The maximum absolute atomic E-state index is 14.1. The van der Waals surface area contributed by atoms with Crippen LogP contribution in [0.3, 0.4) is 0 Å². The zero-order valence-electron chi connectivity index (χ0n) is 12.6. The van der Waals surface area contributed by atoms with Gasteiger partial charge in [0.25, 0.3) is 0 Å². The molecule has 2 rings (SSSR count). The zero-order chi connectivity index (χ0) is 20.0. The van der Waals surface area contributed by atoms with Crippen LogP contribution in [0.1, 0.15) is 0 Å². The Balaban J connectivity index is 2.44. The standard InChI is InChI=1S/C14H10F10P2/c15-9-3-1-5-11(13(9)17)25(19,20,21)7-8-26(22,23,24)12-6-2-4-10(16)14(12)18/h1-6H,7-8H2. The van der Waals surface area contributed by atoms with Crippen molar-refractivity contribution < 1.29 is 42.7 Å². The summed E-state index contributed by atoms with van der Waals surface area (Å²) in [4.78, 5) is 0. The van der Waals surface area contributed by atoms with Gasteiger partial charge in [0, 0.05) is 0 Å². The average molecular weight is 430 g/mol. The molecule has 0 heterocycles. The van der Waals surface area contributed by atoms with E-state index in [9.17, 15) is 42.7 Å². The van der Waals surface area contributed by atoms with Crippen LogP contribution in [0, 0.1) is 23.3 Å². The van der Waals surface area contributed by atoms with Crippen LogP contribution < -0.4 is 10.6 Å². The van der Waals surface area contributed by atoms with E-state index in [4.69, 9.17) is 0 Å². The van der Waals surface area contributed by atoms with E-state index in [1.54, 1.807) is 0 Å². The van der Waals surface area contributed by atoms with Crippen molar-refractivity contribution in [2.45, 2.75) is 0 Å². The first-order valence-electron chi connectivity index (χ1n) is 6.84. The van der Waals surface area contributed by atoms with Crippen molar-refractivity contribution >= 4 is 25.7 Å². The van der Waals surface area contributed by atoms with Crippen molar-refractivity contribution in [2.75, 3.05) is 12.3 Å². The van der Waals surface area contributed by atoms with E-state index in [1.807, 2.05) is 0 Å². The van der Waals surface area contributed by atoms with Gasteiger partial charge in [0.05, 0.1) is 0 Å². The molecule has 0 unspecified atom stereocenters. The van der Waals surface area contributed by atoms with Gasteiger partial charge in [-0.25, -0.2) is 0 Å². The van der Waals surface area contributed by atoms with Crippen LogP contribution in [0.15, 0.2) is 36.4 Å². The Kier molecular flexibility index (Phi) is 4.87. The predicted octanol–water partition coefficient (Wildman–Crippen LogP) is 6.61. The van der Waals surface area contributed by atoms with Gasteiger partial charge in [0.2, 0.25) is 0 Å². The Morgan fingerprint density at radius 2 is 0.846 bits per heavy atom. The van der Waals surface area contributed by atoms with Gasteiger partial charge in [-0.2, -0.15) is 0 Å². The first kappa shape index (κ1) is 20.9. The van der Waals surface area contributed by atoms with E-state index in [0.717, 1.165) is 0 Å². The third-order valence-electron chi connectivity index (χ3n) is 3.58. The third kappa shape index (κ3) is 3.96. The minimum absolute atomic E-state index is 0.155. The van der Waals surface area contributed by atoms with Gasteiger partial charge in [0.15, 0.2) is 0 Å². The number of benzene rings is 2. The zero-order valence-corrected chi connectivity index (χ0v) is 14.3. The van der Waals surface area contributed by atoms with Gasteiger partial charge in [-0.05, 0) is 0 Å². The first-order valence-corrected chi connectivity index (χ1v) is 11.0. The quantitative estimate of drug-likeness (QED) is 0.370. The molecule has 2 aromatic carbocycles. The fraction of sp³-hybridized carbons (Fsp3) is 0.143. The molecule has 0 saturated carbocycles. The second-order valence-electron chi connectivity index (χ2n) is 5.52. The fourth-order valence-corrected chi connectivity index (χ4v) is 6.94. The molecular weight excluding hydrogens is 420 g/mol. The van der Waals surface area contributed by atoms with E-state index in [-0.39, 0.29) is 12.1 Å². The number of rotatable bonds is 5. The van der Waals surface area contributed by atoms with Crippen LogP contribution >= 0.6 is 15.1 Å². The Hall–Kier alpha value is -1.40. The molecule has 0 fully saturated rings. The second kappa shape index (κ2) is 6.06. The summed E-state index contributed by atoms with van der Waals surface area (Å²) in [5.41, 5.74) is 0. The van der Waals surface area contributed by atoms with Gasteiger partial charge < -0.3 is 0 Å². The van der Waals surface area contributed by atoms with Gasteiger partial charge >= 0.3 is 140 Å². The normalized spacial score (nSPS) is 15.8. The van der Waals surface area contributed by atoms with Crippen molar-refractivity contribution in [2.24, 2.45) is 0 Å². The summed E-state index contributed by atoms with van der Waals surface area (Å²) in [7, 11) is -16.0. The molecule has 0 aromatic heterocycles. The molecule has 0 N–H and O–H groups in total. The summed E-state index contributed by atoms with van der Waals surface area (Å²) in [6.07, 6.45) is -4.99. The molecule has 0 nitrogen and oxygen atoms in total. The van der Waals surface area contributed by atoms with Crippen LogP contribution in [-0.2, 0) is 0 Å². The molecule has 0 aliphatic carbocycles. The molecule has 0 aliphatic rings. The average Bonchev–Trinajstić information content (AvgIpc) is 2.50. The molecule has 0 atom stereocenters. The molecule has 0 bridgehead atoms. The van der Waals surface area contributed by atoms with Gasteiger partial charge in [-0.1, -0.05) is 0 Å². The summed E-state index contributed by atoms with van der Waals surface area (Å²) >= 11 is 0. The van der Waals surface area contributed by atoms with E-state index in [0.29, 0.717) is 24.3 Å². The first-order chi connectivity index (χ1) is 11.6. The molecular formula is C14H10F10P2. The fourth-order valence-electron chi connectivity index (χ4n) is 2.19. The minimum atomic E-state index is -7.98. The van der Waals surface area contributed by atoms with Crippen LogP contribution in [0.2, 0.25) is 0 Å². The molecule has 0 radical (unpaired) electrons. The van der Waals surface area contributed by atoms with E-state index in [2.05, 4.69) is 0 Å². The van der Waals surface area contributed by atoms with Gasteiger partial charge in [-0.15, -0.1) is 0 Å². The Morgan fingerprint density at radius 1 is 0.538 bits per heavy atom. The molecule has 146 valence electrons. The second-order valence-corrected chi connectivity index (χ2v) is 11.2. The molecule has 0 saturated heterocycles. The van der Waals surface area contributed by atoms with Gasteiger partial charge in [0.1, 0.15) is 0 Å². The van der Waals surface area contributed by atoms with Crippen molar-refractivity contribution in [1.29, 1.82) is 0 Å². The number of hydrogen-bond acceptors (Lipinski definition) is 0. The molecule has 26 heavy (non-hydrogen) atoms. The Bertz CT molecular complexity index is 779.